The molecule has 4 heteroatoms. The molecule has 2 atom stereocenters. The fourth-order valence-electron chi connectivity index (χ4n) is 2.52. The van der Waals surface area contributed by atoms with Crippen LogP contribution in [0.1, 0.15) is 40.9 Å². The van der Waals surface area contributed by atoms with E-state index in [2.05, 4.69) is 12.2 Å². The summed E-state index contributed by atoms with van der Waals surface area (Å²) in [6.45, 7) is 2.65. The summed E-state index contributed by atoms with van der Waals surface area (Å²) in [5.41, 5.74) is 2.67. The number of esters is 1. The highest BCUT2D eigenvalue weighted by atomic mass is 16.5. The molecule has 128 valence electrons. The topological polar surface area (TPSA) is 58.6 Å². The van der Waals surface area contributed by atoms with Crippen LogP contribution in [0.2, 0.25) is 0 Å². The highest BCUT2D eigenvalue weighted by Gasteiger charge is 2.09. The molecule has 0 heterocycles. The molecule has 2 rings (SSSR count). The lowest BCUT2D eigenvalue weighted by Crippen LogP contribution is -2.30. The number of nitrogens with one attached hydrogen (secondary N) is 1. The van der Waals surface area contributed by atoms with Crippen molar-refractivity contribution in [1.82, 2.24) is 5.32 Å². The molecular formula is C20H25NO3. The van der Waals surface area contributed by atoms with Crippen LogP contribution in [0.15, 0.2) is 54.6 Å². The van der Waals surface area contributed by atoms with Crippen molar-refractivity contribution in [3.05, 3.63) is 71.3 Å². The molecule has 0 saturated heterocycles. The first kappa shape index (κ1) is 18.2. The van der Waals surface area contributed by atoms with Crippen molar-refractivity contribution < 1.29 is 14.6 Å². The fraction of sp³-hybridized carbons (Fsp3) is 0.350. The number of benzene rings is 2. The van der Waals surface area contributed by atoms with Gasteiger partial charge in [-0.1, -0.05) is 42.5 Å². The van der Waals surface area contributed by atoms with Crippen molar-refractivity contribution in [2.45, 2.75) is 31.9 Å². The summed E-state index contributed by atoms with van der Waals surface area (Å²) in [6.07, 6.45) is 1.38. The van der Waals surface area contributed by atoms with Gasteiger partial charge in [0.2, 0.25) is 0 Å². The van der Waals surface area contributed by atoms with Gasteiger partial charge < -0.3 is 15.2 Å². The molecule has 2 N–H and O–H groups in total. The number of carbonyl (C=O) groups excluding carboxylic acids is 1. The zero-order chi connectivity index (χ0) is 17.4. The van der Waals surface area contributed by atoms with Crippen molar-refractivity contribution in [2.75, 3.05) is 13.7 Å². The second-order valence-corrected chi connectivity index (χ2v) is 5.96. The van der Waals surface area contributed by atoms with Gasteiger partial charge >= 0.3 is 5.97 Å². The van der Waals surface area contributed by atoms with E-state index in [-0.39, 0.29) is 5.97 Å². The van der Waals surface area contributed by atoms with Gasteiger partial charge in [-0.05, 0) is 43.0 Å². The number of carbonyl (C=O) groups is 1. The van der Waals surface area contributed by atoms with Crippen molar-refractivity contribution >= 4 is 5.97 Å². The van der Waals surface area contributed by atoms with Crippen LogP contribution in [-0.4, -0.2) is 30.8 Å². The Kier molecular flexibility index (Phi) is 6.97. The molecule has 4 nitrogen and oxygen atoms in total. The van der Waals surface area contributed by atoms with E-state index in [4.69, 9.17) is 4.74 Å². The van der Waals surface area contributed by atoms with E-state index in [1.165, 1.54) is 12.7 Å². The summed E-state index contributed by atoms with van der Waals surface area (Å²) in [5, 5.41) is 13.5. The van der Waals surface area contributed by atoms with Crippen LogP contribution in [0, 0.1) is 0 Å². The van der Waals surface area contributed by atoms with Crippen LogP contribution in [-0.2, 0) is 11.2 Å². The molecule has 0 spiro atoms. The van der Waals surface area contributed by atoms with Crippen molar-refractivity contribution in [3.8, 4) is 0 Å². The number of rotatable bonds is 8. The molecule has 0 amide bonds. The van der Waals surface area contributed by atoms with Gasteiger partial charge in [-0.3, -0.25) is 0 Å². The number of aliphatic hydroxyl groups is 1. The van der Waals surface area contributed by atoms with E-state index < -0.39 is 6.10 Å². The summed E-state index contributed by atoms with van der Waals surface area (Å²) in [4.78, 5) is 11.4. The molecule has 0 aliphatic rings. The van der Waals surface area contributed by atoms with Crippen LogP contribution in [0.3, 0.4) is 0 Å². The van der Waals surface area contributed by atoms with Gasteiger partial charge in [0.15, 0.2) is 0 Å². The van der Waals surface area contributed by atoms with Gasteiger partial charge in [0.05, 0.1) is 18.8 Å². The number of methoxy groups -OCH3 is 1. The zero-order valence-corrected chi connectivity index (χ0v) is 14.2. The van der Waals surface area contributed by atoms with E-state index >= 15 is 0 Å². The van der Waals surface area contributed by atoms with E-state index in [0.717, 1.165) is 18.4 Å². The molecule has 2 aromatic rings. The highest BCUT2D eigenvalue weighted by molar-refractivity contribution is 5.89. The third kappa shape index (κ3) is 5.48. The first-order valence-corrected chi connectivity index (χ1v) is 8.24. The molecule has 0 bridgehead atoms. The summed E-state index contributed by atoms with van der Waals surface area (Å²) >= 11 is 0. The first-order chi connectivity index (χ1) is 11.6. The molecule has 0 radical (unpaired) electrons. The Morgan fingerprint density at radius 3 is 2.42 bits per heavy atom. The Morgan fingerprint density at radius 1 is 1.12 bits per heavy atom. The minimum Gasteiger partial charge on any atom is -0.465 e. The zero-order valence-electron chi connectivity index (χ0n) is 14.2. The average Bonchev–Trinajstić information content (AvgIpc) is 2.64. The minimum atomic E-state index is -0.493. The number of aliphatic hydroxyl groups excluding tert-OH is 1. The van der Waals surface area contributed by atoms with Crippen LogP contribution in [0.4, 0.5) is 0 Å². The Hall–Kier alpha value is -2.17. The fourth-order valence-corrected chi connectivity index (χ4v) is 2.52. The number of hydrogen-bond acceptors (Lipinski definition) is 4. The molecule has 0 aliphatic heterocycles. The van der Waals surface area contributed by atoms with Crippen LogP contribution >= 0.6 is 0 Å². The maximum absolute atomic E-state index is 11.4. The number of ether oxygens (including phenoxy) is 1. The van der Waals surface area contributed by atoms with E-state index in [9.17, 15) is 9.90 Å². The molecule has 2 aromatic carbocycles. The predicted octanol–water partition coefficient (Wildman–Crippen LogP) is 3.12. The third-order valence-electron chi connectivity index (χ3n) is 4.09. The summed E-state index contributed by atoms with van der Waals surface area (Å²) < 4.78 is 4.69. The lowest BCUT2D eigenvalue weighted by molar-refractivity contribution is 0.0600. The second kappa shape index (κ2) is 9.21. The van der Waals surface area contributed by atoms with Gasteiger partial charge in [0, 0.05) is 12.6 Å². The van der Waals surface area contributed by atoms with E-state index in [1.54, 1.807) is 12.1 Å². The smallest absolute Gasteiger partial charge is 0.337 e. The Balaban J connectivity index is 1.75. The monoisotopic (exact) mass is 327 g/mol. The lowest BCUT2D eigenvalue weighted by atomic mass is 10.0. The normalized spacial score (nSPS) is 13.3. The van der Waals surface area contributed by atoms with E-state index in [0.29, 0.717) is 18.2 Å². The first-order valence-electron chi connectivity index (χ1n) is 8.24. The predicted molar refractivity (Wildman–Crippen MR) is 95.0 cm³/mol. The number of aryl methyl sites for hydroxylation is 1. The Morgan fingerprint density at radius 2 is 1.79 bits per heavy atom. The average molecular weight is 327 g/mol. The maximum atomic E-state index is 11.4. The third-order valence-corrected chi connectivity index (χ3v) is 4.09. The Labute approximate surface area is 143 Å². The molecule has 0 aromatic heterocycles. The largest absolute Gasteiger partial charge is 0.465 e. The van der Waals surface area contributed by atoms with Crippen LogP contribution in [0.5, 0.6) is 0 Å². The van der Waals surface area contributed by atoms with Crippen molar-refractivity contribution in [1.29, 1.82) is 0 Å². The van der Waals surface area contributed by atoms with Gasteiger partial charge in [-0.15, -0.1) is 0 Å². The Bertz CT molecular complexity index is 625. The molecule has 24 heavy (non-hydrogen) atoms. The molecule has 0 saturated carbocycles. The maximum Gasteiger partial charge on any atom is 0.337 e. The van der Waals surface area contributed by atoms with Gasteiger partial charge in [-0.2, -0.15) is 0 Å². The van der Waals surface area contributed by atoms with Crippen molar-refractivity contribution in [2.24, 2.45) is 0 Å². The van der Waals surface area contributed by atoms with Gasteiger partial charge in [0.25, 0.3) is 0 Å². The molecule has 0 fully saturated rings. The summed E-state index contributed by atoms with van der Waals surface area (Å²) in [6, 6.07) is 17.5. The SMILES string of the molecule is COC(=O)c1ccc(CC[C@@H](C)NC[C@@H](O)c2ccccc2)cc1. The minimum absolute atomic E-state index is 0.295. The van der Waals surface area contributed by atoms with E-state index in [1.807, 2.05) is 42.5 Å². The summed E-state index contributed by atoms with van der Waals surface area (Å²) in [7, 11) is 1.38. The van der Waals surface area contributed by atoms with Gasteiger partial charge in [-0.25, -0.2) is 4.79 Å². The molecule has 0 unspecified atom stereocenters. The van der Waals surface area contributed by atoms with Crippen LogP contribution in [0.25, 0.3) is 0 Å². The lowest BCUT2D eigenvalue weighted by Gasteiger charge is -2.17. The molecular weight excluding hydrogens is 302 g/mol. The second-order valence-electron chi connectivity index (χ2n) is 5.96. The quantitative estimate of drug-likeness (QED) is 0.732. The number of hydrogen-bond donors (Lipinski definition) is 2. The standard InChI is InChI=1S/C20H25NO3/c1-15(21-14-19(22)17-6-4-3-5-7-17)8-9-16-10-12-18(13-11-16)20(23)24-2/h3-7,10-13,15,19,21-22H,8-9,14H2,1-2H3/t15-,19-/m1/s1. The van der Waals surface area contributed by atoms with Crippen LogP contribution < -0.4 is 5.32 Å². The van der Waals surface area contributed by atoms with Crippen molar-refractivity contribution in [3.63, 3.8) is 0 Å². The summed E-state index contributed by atoms with van der Waals surface area (Å²) in [5.74, 6) is -0.313. The molecule has 0 aliphatic carbocycles. The van der Waals surface area contributed by atoms with Gasteiger partial charge in [0.1, 0.15) is 0 Å². The highest BCUT2D eigenvalue weighted by Crippen LogP contribution is 2.12.